The van der Waals surface area contributed by atoms with Crippen LogP contribution in [0.3, 0.4) is 0 Å². The molecule has 0 aromatic carbocycles. The summed E-state index contributed by atoms with van der Waals surface area (Å²) in [7, 11) is 0. The highest BCUT2D eigenvalue weighted by atomic mass is 16.2. The number of likely N-dealkylation sites (tertiary alicyclic amines) is 1. The highest BCUT2D eigenvalue weighted by molar-refractivity contribution is 6.05. The Hall–Kier alpha value is -1.34. The zero-order valence-electron chi connectivity index (χ0n) is 9.99. The summed E-state index contributed by atoms with van der Waals surface area (Å²) in [4.78, 5) is 25.0. The van der Waals surface area contributed by atoms with Gasteiger partial charge in [-0.3, -0.25) is 19.8 Å². The summed E-state index contributed by atoms with van der Waals surface area (Å²) in [5.41, 5.74) is 0. The van der Waals surface area contributed by atoms with E-state index in [1.54, 1.807) is 6.92 Å². The summed E-state index contributed by atoms with van der Waals surface area (Å²) < 4.78 is 0. The molecular weight excluding hydrogens is 204 g/mol. The van der Waals surface area contributed by atoms with Crippen LogP contribution in [0.1, 0.15) is 33.6 Å². The molecule has 0 aliphatic carbocycles. The van der Waals surface area contributed by atoms with Crippen LogP contribution in [0.4, 0.5) is 0 Å². The Balaban J connectivity index is 2.71. The molecular formula is C12H18N2O2. The predicted octanol–water partition coefficient (Wildman–Crippen LogP) is 0.524. The first-order valence-corrected chi connectivity index (χ1v) is 5.59. The van der Waals surface area contributed by atoms with Crippen molar-refractivity contribution in [2.75, 3.05) is 0 Å². The van der Waals surface area contributed by atoms with E-state index in [9.17, 15) is 9.59 Å². The summed E-state index contributed by atoms with van der Waals surface area (Å²) >= 11 is 0. The molecule has 0 bridgehead atoms. The molecule has 1 fully saturated rings. The van der Waals surface area contributed by atoms with Gasteiger partial charge in [0, 0.05) is 6.04 Å². The summed E-state index contributed by atoms with van der Waals surface area (Å²) in [5, 5.41) is 2.97. The molecule has 0 aromatic heterocycles. The topological polar surface area (TPSA) is 49.4 Å². The predicted molar refractivity (Wildman–Crippen MR) is 61.4 cm³/mol. The number of amides is 2. The maximum absolute atomic E-state index is 11.9. The molecule has 0 radical (unpaired) electrons. The van der Waals surface area contributed by atoms with E-state index in [0.29, 0.717) is 0 Å². The van der Waals surface area contributed by atoms with Gasteiger partial charge in [0.2, 0.25) is 11.8 Å². The zero-order chi connectivity index (χ0) is 12.3. The van der Waals surface area contributed by atoms with Gasteiger partial charge in [0.1, 0.15) is 0 Å². The van der Waals surface area contributed by atoms with Crippen molar-refractivity contribution in [3.05, 3.63) is 0 Å². The molecule has 0 aromatic rings. The van der Waals surface area contributed by atoms with Gasteiger partial charge in [-0.1, -0.05) is 12.8 Å². The number of hydrogen-bond acceptors (Lipinski definition) is 3. The largest absolute Gasteiger partial charge is 0.292 e. The maximum atomic E-state index is 11.9. The van der Waals surface area contributed by atoms with Crippen LogP contribution >= 0.6 is 0 Å². The summed E-state index contributed by atoms with van der Waals surface area (Å²) in [6, 6.07) is -0.681. The molecule has 1 aliphatic heterocycles. The smallest absolute Gasteiger partial charge is 0.247 e. The van der Waals surface area contributed by atoms with Crippen LogP contribution in [-0.2, 0) is 9.59 Å². The van der Waals surface area contributed by atoms with Crippen molar-refractivity contribution >= 4 is 11.8 Å². The molecule has 2 amide bonds. The minimum Gasteiger partial charge on any atom is -0.292 e. The summed E-state index contributed by atoms with van der Waals surface area (Å²) in [6.45, 7) is 5.63. The van der Waals surface area contributed by atoms with Gasteiger partial charge < -0.3 is 0 Å². The third-order valence-corrected chi connectivity index (χ3v) is 2.92. The average molecular weight is 222 g/mol. The number of carbonyl (C=O) groups is 2. The van der Waals surface area contributed by atoms with Crippen LogP contribution in [0.2, 0.25) is 0 Å². The van der Waals surface area contributed by atoms with Crippen LogP contribution in [0.25, 0.3) is 0 Å². The van der Waals surface area contributed by atoms with Crippen molar-refractivity contribution in [2.24, 2.45) is 0 Å². The zero-order valence-corrected chi connectivity index (χ0v) is 9.99. The number of nitrogens with zero attached hydrogens (tertiary/aromatic N) is 1. The molecule has 16 heavy (non-hydrogen) atoms. The number of rotatable bonds is 4. The molecule has 3 atom stereocenters. The molecule has 1 rings (SSSR count). The van der Waals surface area contributed by atoms with Crippen molar-refractivity contribution in [3.8, 4) is 12.3 Å². The number of imide groups is 1. The second kappa shape index (κ2) is 5.13. The molecule has 0 saturated carbocycles. The van der Waals surface area contributed by atoms with Gasteiger partial charge in [0.05, 0.1) is 18.5 Å². The van der Waals surface area contributed by atoms with Gasteiger partial charge in [-0.05, 0) is 20.3 Å². The van der Waals surface area contributed by atoms with E-state index in [0.717, 1.165) is 6.42 Å². The fraction of sp³-hybridized carbons (Fsp3) is 0.667. The minimum absolute atomic E-state index is 0.0343. The third kappa shape index (κ3) is 2.42. The molecule has 1 saturated heterocycles. The van der Waals surface area contributed by atoms with Crippen LogP contribution in [0, 0.1) is 12.3 Å². The molecule has 3 unspecified atom stereocenters. The van der Waals surface area contributed by atoms with E-state index < -0.39 is 6.04 Å². The number of carbonyl (C=O) groups excluding carboxylic acids is 2. The Morgan fingerprint density at radius 2 is 2.19 bits per heavy atom. The van der Waals surface area contributed by atoms with Crippen LogP contribution in [0.15, 0.2) is 0 Å². The van der Waals surface area contributed by atoms with Crippen LogP contribution in [-0.4, -0.2) is 34.8 Å². The molecule has 1 N–H and O–H groups in total. The Labute approximate surface area is 96.4 Å². The van der Waals surface area contributed by atoms with E-state index in [2.05, 4.69) is 11.2 Å². The van der Waals surface area contributed by atoms with Gasteiger partial charge in [0.15, 0.2) is 0 Å². The maximum Gasteiger partial charge on any atom is 0.247 e. The van der Waals surface area contributed by atoms with Crippen molar-refractivity contribution in [2.45, 2.75) is 51.7 Å². The lowest BCUT2D eigenvalue weighted by atomic mass is 10.2. The number of hydrogen-bond donors (Lipinski definition) is 1. The summed E-state index contributed by atoms with van der Waals surface area (Å²) in [6.07, 6.45) is 6.22. The molecule has 4 nitrogen and oxygen atoms in total. The average Bonchev–Trinajstić information content (AvgIpc) is 2.53. The van der Waals surface area contributed by atoms with Gasteiger partial charge in [-0.25, -0.2) is 0 Å². The first kappa shape index (κ1) is 12.7. The van der Waals surface area contributed by atoms with Crippen molar-refractivity contribution in [1.82, 2.24) is 10.2 Å². The van der Waals surface area contributed by atoms with E-state index in [-0.39, 0.29) is 30.3 Å². The van der Waals surface area contributed by atoms with Crippen molar-refractivity contribution in [1.29, 1.82) is 0 Å². The SMILES string of the molecule is C#CC(C)NC1CC(=O)N(C(C)CC)C1=O. The van der Waals surface area contributed by atoms with Crippen molar-refractivity contribution < 1.29 is 9.59 Å². The molecule has 1 heterocycles. The van der Waals surface area contributed by atoms with E-state index in [1.165, 1.54) is 4.90 Å². The van der Waals surface area contributed by atoms with Gasteiger partial charge >= 0.3 is 0 Å². The van der Waals surface area contributed by atoms with Crippen molar-refractivity contribution in [3.63, 3.8) is 0 Å². The van der Waals surface area contributed by atoms with E-state index in [4.69, 9.17) is 6.42 Å². The summed E-state index contributed by atoms with van der Waals surface area (Å²) in [5.74, 6) is 2.23. The molecule has 0 spiro atoms. The van der Waals surface area contributed by atoms with E-state index in [1.807, 2.05) is 13.8 Å². The van der Waals surface area contributed by atoms with Gasteiger partial charge in [0.25, 0.3) is 0 Å². The Morgan fingerprint density at radius 1 is 1.56 bits per heavy atom. The number of nitrogens with one attached hydrogen (secondary N) is 1. The Bertz CT molecular complexity index is 332. The highest BCUT2D eigenvalue weighted by Gasteiger charge is 2.40. The lowest BCUT2D eigenvalue weighted by Gasteiger charge is -2.22. The highest BCUT2D eigenvalue weighted by Crippen LogP contribution is 2.18. The standard InChI is InChI=1S/C12H18N2O2/c1-5-8(3)13-10-7-11(15)14(12(10)16)9(4)6-2/h1,8-10,13H,6-7H2,2-4H3. The lowest BCUT2D eigenvalue weighted by molar-refractivity contribution is -0.141. The first-order chi connectivity index (χ1) is 7.51. The Kier molecular flexibility index (Phi) is 4.08. The molecule has 88 valence electrons. The van der Waals surface area contributed by atoms with Gasteiger partial charge in [-0.15, -0.1) is 6.42 Å². The quantitative estimate of drug-likeness (QED) is 0.557. The monoisotopic (exact) mass is 222 g/mol. The normalized spacial score (nSPS) is 24.4. The number of terminal acetylenes is 1. The fourth-order valence-electron chi connectivity index (χ4n) is 1.78. The minimum atomic E-state index is -0.451. The molecule has 4 heteroatoms. The van der Waals surface area contributed by atoms with Crippen LogP contribution < -0.4 is 5.32 Å². The first-order valence-electron chi connectivity index (χ1n) is 5.59. The van der Waals surface area contributed by atoms with Crippen LogP contribution in [0.5, 0.6) is 0 Å². The second-order valence-corrected chi connectivity index (χ2v) is 4.17. The lowest BCUT2D eigenvalue weighted by Crippen LogP contribution is -2.44. The van der Waals surface area contributed by atoms with E-state index >= 15 is 0 Å². The fourth-order valence-corrected chi connectivity index (χ4v) is 1.78. The molecule has 1 aliphatic rings. The third-order valence-electron chi connectivity index (χ3n) is 2.92. The van der Waals surface area contributed by atoms with Gasteiger partial charge in [-0.2, -0.15) is 0 Å². The Morgan fingerprint density at radius 3 is 2.69 bits per heavy atom. The second-order valence-electron chi connectivity index (χ2n) is 4.17.